The number of carbonyl (C=O) groups excluding carboxylic acids is 1. The lowest BCUT2D eigenvalue weighted by molar-refractivity contribution is -0.137. The quantitative estimate of drug-likeness (QED) is 0.579. The molecule has 1 unspecified atom stereocenters. The van der Waals surface area contributed by atoms with Crippen LogP contribution in [0.4, 0.5) is 13.2 Å². The third-order valence-corrected chi connectivity index (χ3v) is 6.11. The molecule has 168 valence electrons. The molecule has 9 heteroatoms. The number of carbonyl (C=O) groups is 1. The van der Waals surface area contributed by atoms with E-state index in [1.807, 2.05) is 12.1 Å². The molecule has 5 rings (SSSR count). The number of benzene rings is 1. The van der Waals surface area contributed by atoms with Gasteiger partial charge in [0, 0.05) is 30.8 Å². The first-order valence-electron chi connectivity index (χ1n) is 10.8. The molecule has 1 aliphatic heterocycles. The number of halogens is 3. The zero-order valence-electron chi connectivity index (χ0n) is 17.4. The maximum Gasteiger partial charge on any atom is 0.417 e. The van der Waals surface area contributed by atoms with E-state index in [-0.39, 0.29) is 11.8 Å². The van der Waals surface area contributed by atoms with Crippen LogP contribution in [0.1, 0.15) is 53.3 Å². The average molecular weight is 444 g/mol. The summed E-state index contributed by atoms with van der Waals surface area (Å²) in [6, 6.07) is 9.45. The van der Waals surface area contributed by atoms with Gasteiger partial charge in [-0.25, -0.2) is 0 Å². The number of alkyl halides is 3. The van der Waals surface area contributed by atoms with Gasteiger partial charge in [-0.05, 0) is 68.0 Å². The first-order valence-corrected chi connectivity index (χ1v) is 10.8. The molecule has 6 nitrogen and oxygen atoms in total. The normalized spacial score (nSPS) is 19.3. The highest BCUT2D eigenvalue weighted by molar-refractivity contribution is 5.94. The number of ether oxygens (including phenoxy) is 1. The Bertz CT molecular complexity index is 1120. The minimum absolute atomic E-state index is 0.103. The van der Waals surface area contributed by atoms with Gasteiger partial charge in [0.25, 0.3) is 5.91 Å². The van der Waals surface area contributed by atoms with E-state index in [1.165, 1.54) is 23.3 Å². The van der Waals surface area contributed by atoms with Gasteiger partial charge in [0.05, 0.1) is 12.2 Å². The van der Waals surface area contributed by atoms with E-state index >= 15 is 0 Å². The summed E-state index contributed by atoms with van der Waals surface area (Å²) in [4.78, 5) is 14.8. The molecule has 1 amide bonds. The smallest absolute Gasteiger partial charge is 0.417 e. The molecule has 2 aromatic heterocycles. The Morgan fingerprint density at radius 2 is 1.84 bits per heavy atom. The molecule has 0 spiro atoms. The first-order chi connectivity index (χ1) is 15.4. The van der Waals surface area contributed by atoms with Crippen LogP contribution in [-0.4, -0.2) is 45.1 Å². The van der Waals surface area contributed by atoms with Crippen molar-refractivity contribution in [3.63, 3.8) is 0 Å². The largest absolute Gasteiger partial charge is 0.493 e. The number of amides is 1. The Balaban J connectivity index is 1.31. The number of rotatable bonds is 5. The fraction of sp³-hybridized carbons (Fsp3) is 0.435. The van der Waals surface area contributed by atoms with Crippen LogP contribution in [0.25, 0.3) is 5.65 Å². The lowest BCUT2D eigenvalue weighted by Gasteiger charge is -2.32. The third-order valence-electron chi connectivity index (χ3n) is 6.11. The van der Waals surface area contributed by atoms with Gasteiger partial charge in [-0.15, -0.1) is 10.2 Å². The molecule has 0 radical (unpaired) electrons. The summed E-state index contributed by atoms with van der Waals surface area (Å²) in [7, 11) is 0. The Morgan fingerprint density at radius 1 is 1.06 bits per heavy atom. The van der Waals surface area contributed by atoms with E-state index in [4.69, 9.17) is 4.74 Å². The second-order valence-corrected chi connectivity index (χ2v) is 8.57. The second kappa shape index (κ2) is 8.11. The van der Waals surface area contributed by atoms with Crippen LogP contribution < -0.4 is 4.74 Å². The maximum absolute atomic E-state index is 13.2. The van der Waals surface area contributed by atoms with Crippen LogP contribution in [0, 0.1) is 5.92 Å². The predicted molar refractivity (Wildman–Crippen MR) is 111 cm³/mol. The zero-order chi connectivity index (χ0) is 22.3. The van der Waals surface area contributed by atoms with Gasteiger partial charge in [0.15, 0.2) is 5.65 Å². The predicted octanol–water partition coefficient (Wildman–Crippen LogP) is 4.56. The fourth-order valence-corrected chi connectivity index (χ4v) is 4.10. The summed E-state index contributed by atoms with van der Waals surface area (Å²) in [6.45, 7) is 1.69. The number of nitrogens with zero attached hydrogens (tertiary/aromatic N) is 4. The van der Waals surface area contributed by atoms with Crippen molar-refractivity contribution < 1.29 is 22.7 Å². The summed E-state index contributed by atoms with van der Waals surface area (Å²) in [5.74, 6) is 1.57. The molecule has 2 fully saturated rings. The van der Waals surface area contributed by atoms with Gasteiger partial charge >= 0.3 is 6.18 Å². The van der Waals surface area contributed by atoms with Crippen molar-refractivity contribution in [2.75, 3.05) is 19.7 Å². The van der Waals surface area contributed by atoms with E-state index in [9.17, 15) is 18.0 Å². The summed E-state index contributed by atoms with van der Waals surface area (Å²) in [5, 5.41) is 8.17. The Labute approximate surface area is 183 Å². The molecular formula is C23H23F3N4O2. The van der Waals surface area contributed by atoms with E-state index in [0.29, 0.717) is 42.6 Å². The van der Waals surface area contributed by atoms with E-state index in [2.05, 4.69) is 10.2 Å². The number of hydrogen-bond acceptors (Lipinski definition) is 4. The van der Waals surface area contributed by atoms with Crippen LogP contribution in [0.15, 0.2) is 42.6 Å². The van der Waals surface area contributed by atoms with Crippen molar-refractivity contribution in [3.8, 4) is 5.75 Å². The zero-order valence-corrected chi connectivity index (χ0v) is 17.4. The molecule has 32 heavy (non-hydrogen) atoms. The average Bonchev–Trinajstić information content (AvgIpc) is 3.53. The highest BCUT2D eigenvalue weighted by Gasteiger charge is 2.33. The van der Waals surface area contributed by atoms with Crippen LogP contribution in [0.2, 0.25) is 0 Å². The minimum atomic E-state index is -4.45. The standard InChI is InChI=1S/C23H23F3N4O2/c24-23(25,26)18-7-10-20-27-28-21(30(20)13-18)17-2-1-11-29(12-17)22(31)16-5-8-19(9-6-16)32-14-15-3-4-15/h5-10,13,15,17H,1-4,11-12,14H2. The fourth-order valence-electron chi connectivity index (χ4n) is 4.10. The molecule has 3 aromatic rings. The Kier molecular flexibility index (Phi) is 5.27. The molecule has 1 aromatic carbocycles. The number of pyridine rings is 1. The van der Waals surface area contributed by atoms with Crippen LogP contribution in [0.3, 0.4) is 0 Å². The van der Waals surface area contributed by atoms with Gasteiger partial charge < -0.3 is 9.64 Å². The van der Waals surface area contributed by atoms with Crippen molar-refractivity contribution >= 4 is 11.6 Å². The maximum atomic E-state index is 13.2. The van der Waals surface area contributed by atoms with E-state index in [1.54, 1.807) is 17.0 Å². The number of aromatic nitrogens is 3. The number of piperidine rings is 1. The van der Waals surface area contributed by atoms with Crippen molar-refractivity contribution in [1.29, 1.82) is 0 Å². The van der Waals surface area contributed by atoms with Crippen molar-refractivity contribution in [1.82, 2.24) is 19.5 Å². The molecule has 0 bridgehead atoms. The molecule has 1 aliphatic carbocycles. The van der Waals surface area contributed by atoms with Crippen molar-refractivity contribution in [2.24, 2.45) is 5.92 Å². The van der Waals surface area contributed by atoms with Crippen LogP contribution in [-0.2, 0) is 6.18 Å². The van der Waals surface area contributed by atoms with Gasteiger partial charge in [-0.3, -0.25) is 9.20 Å². The highest BCUT2D eigenvalue weighted by Crippen LogP contribution is 2.32. The molecule has 1 atom stereocenters. The molecule has 2 aliphatic rings. The number of likely N-dealkylation sites (tertiary alicyclic amines) is 1. The van der Waals surface area contributed by atoms with Crippen LogP contribution >= 0.6 is 0 Å². The molecule has 1 saturated heterocycles. The van der Waals surface area contributed by atoms with E-state index in [0.717, 1.165) is 30.9 Å². The first kappa shape index (κ1) is 20.8. The molecule has 1 saturated carbocycles. The van der Waals surface area contributed by atoms with Gasteiger partial charge in [0.1, 0.15) is 11.6 Å². The third kappa shape index (κ3) is 4.28. The summed E-state index contributed by atoms with van der Waals surface area (Å²) in [5.41, 5.74) is 0.173. The van der Waals surface area contributed by atoms with Crippen molar-refractivity contribution in [2.45, 2.75) is 37.8 Å². The minimum Gasteiger partial charge on any atom is -0.493 e. The molecule has 0 N–H and O–H groups in total. The lowest BCUT2D eigenvalue weighted by atomic mass is 9.96. The molecular weight excluding hydrogens is 421 g/mol. The monoisotopic (exact) mass is 444 g/mol. The van der Waals surface area contributed by atoms with Gasteiger partial charge in [-0.2, -0.15) is 13.2 Å². The number of fused-ring (bicyclic) bond motifs is 1. The Hall–Kier alpha value is -3.10. The van der Waals surface area contributed by atoms with E-state index < -0.39 is 11.7 Å². The second-order valence-electron chi connectivity index (χ2n) is 8.57. The summed E-state index contributed by atoms with van der Waals surface area (Å²) >= 11 is 0. The SMILES string of the molecule is O=C(c1ccc(OCC2CC2)cc1)N1CCCC(c2nnc3ccc(C(F)(F)F)cn23)C1. The van der Waals surface area contributed by atoms with Gasteiger partial charge in [0.2, 0.25) is 0 Å². The summed E-state index contributed by atoms with van der Waals surface area (Å²) < 4.78 is 46.6. The van der Waals surface area contributed by atoms with Gasteiger partial charge in [-0.1, -0.05) is 0 Å². The lowest BCUT2D eigenvalue weighted by Crippen LogP contribution is -2.39. The van der Waals surface area contributed by atoms with Crippen molar-refractivity contribution in [3.05, 3.63) is 59.5 Å². The molecule has 3 heterocycles. The summed E-state index contributed by atoms with van der Waals surface area (Å²) in [6.07, 6.45) is 0.489. The topological polar surface area (TPSA) is 59.7 Å². The highest BCUT2D eigenvalue weighted by atomic mass is 19.4. The van der Waals surface area contributed by atoms with Crippen LogP contribution in [0.5, 0.6) is 5.75 Å². The number of hydrogen-bond donors (Lipinski definition) is 0. The Morgan fingerprint density at radius 3 is 2.56 bits per heavy atom.